The number of hydrogen-bond acceptors (Lipinski definition) is 2. The molecule has 0 aromatic carbocycles. The van der Waals surface area contributed by atoms with Crippen LogP contribution in [0.3, 0.4) is 0 Å². The summed E-state index contributed by atoms with van der Waals surface area (Å²) in [6.07, 6.45) is 5.08. The van der Waals surface area contributed by atoms with Crippen LogP contribution in [0.2, 0.25) is 0 Å². The average molecular weight is 235 g/mol. The van der Waals surface area contributed by atoms with E-state index in [1.54, 1.807) is 18.2 Å². The minimum absolute atomic E-state index is 0.385. The molecule has 0 saturated heterocycles. The first-order valence-electron chi connectivity index (χ1n) is 2.36. The lowest BCUT2D eigenvalue weighted by Crippen LogP contribution is -2.04. The second kappa shape index (κ2) is 2.43. The Morgan fingerprint density at radius 1 is 1.67 bits per heavy atom. The van der Waals surface area contributed by atoms with Crippen LogP contribution in [0, 0.1) is 0 Å². The largest absolute Gasteiger partial charge is 0.629 e. The van der Waals surface area contributed by atoms with Crippen molar-refractivity contribution in [2.45, 2.75) is 0 Å². The molecule has 1 N–H and O–H groups in total. The van der Waals surface area contributed by atoms with Crippen LogP contribution in [-0.4, -0.2) is 5.11 Å². The minimum Gasteiger partial charge on any atom is -0.629 e. The van der Waals surface area contributed by atoms with E-state index in [9.17, 15) is 5.11 Å². The third-order valence-corrected chi connectivity index (χ3v) is 1.93. The van der Waals surface area contributed by atoms with Crippen LogP contribution in [0.1, 0.15) is 0 Å². The lowest BCUT2D eigenvalue weighted by molar-refractivity contribution is -0.349. The number of rotatable bonds is 0. The van der Waals surface area contributed by atoms with E-state index < -0.39 is 5.95 Å². The van der Waals surface area contributed by atoms with Crippen LogP contribution in [-0.2, 0) is 0 Å². The summed E-state index contributed by atoms with van der Waals surface area (Å²) in [4.78, 5) is 0. The molecule has 0 radical (unpaired) electrons. The van der Waals surface area contributed by atoms with Crippen molar-refractivity contribution in [3.8, 4) is 0 Å². The maximum atomic E-state index is 10.3. The zero-order valence-electron chi connectivity index (χ0n) is 4.47. The van der Waals surface area contributed by atoms with Crippen molar-refractivity contribution in [2.75, 3.05) is 0 Å². The van der Waals surface area contributed by atoms with Gasteiger partial charge in [-0.25, -0.2) is 0 Å². The summed E-state index contributed by atoms with van der Waals surface area (Å²) >= 11 is 1.99. The smallest absolute Gasteiger partial charge is 0.0567 e. The van der Waals surface area contributed by atoms with Gasteiger partial charge in [-0.05, 0) is 28.7 Å². The van der Waals surface area contributed by atoms with Crippen molar-refractivity contribution in [3.63, 3.8) is 0 Å². The Labute approximate surface area is 66.3 Å². The van der Waals surface area contributed by atoms with E-state index in [0.29, 0.717) is 5.57 Å². The van der Waals surface area contributed by atoms with Gasteiger partial charge in [0, 0.05) is 9.15 Å². The summed E-state index contributed by atoms with van der Waals surface area (Å²) in [7, 11) is 0. The Hall–Kier alpha value is -0.450. The van der Waals surface area contributed by atoms with Gasteiger partial charge in [0.25, 0.3) is 0 Å². The highest BCUT2D eigenvalue weighted by Crippen LogP contribution is 2.24. The third kappa shape index (κ3) is 1.27. The molecule has 1 aliphatic carbocycles. The Morgan fingerprint density at radius 3 is 2.56 bits per heavy atom. The molecule has 1 rings (SSSR count). The monoisotopic (exact) mass is 235 g/mol. The molecule has 0 aromatic heterocycles. The molecule has 0 spiro atoms. The summed E-state index contributed by atoms with van der Waals surface area (Å²) in [5.41, 5.74) is 0.385. The number of allylic oxidation sites excluding steroid dienone is 5. The fourth-order valence-corrected chi connectivity index (χ4v) is 1.19. The van der Waals surface area contributed by atoms with E-state index in [1.165, 1.54) is 0 Å². The van der Waals surface area contributed by atoms with Crippen LogP contribution in [0.25, 0.3) is 0 Å². The zero-order valence-corrected chi connectivity index (χ0v) is 6.62. The van der Waals surface area contributed by atoms with Gasteiger partial charge in [0.15, 0.2) is 0 Å². The second-order valence-electron chi connectivity index (χ2n) is 1.59. The molecule has 9 heavy (non-hydrogen) atoms. The standard InChI is InChI=1S/C6H5IO2/c7-5-3-1-2-4(5)6(8)9/h1-3,8-9H/p-1. The van der Waals surface area contributed by atoms with E-state index >= 15 is 0 Å². The summed E-state index contributed by atoms with van der Waals surface area (Å²) in [6.45, 7) is 0. The van der Waals surface area contributed by atoms with Crippen LogP contribution < -0.4 is 5.11 Å². The van der Waals surface area contributed by atoms with E-state index in [1.807, 2.05) is 22.6 Å². The van der Waals surface area contributed by atoms with Crippen molar-refractivity contribution < 1.29 is 10.2 Å². The van der Waals surface area contributed by atoms with Crippen molar-refractivity contribution in [1.82, 2.24) is 0 Å². The zero-order chi connectivity index (χ0) is 6.85. The normalized spacial score (nSPS) is 22.1. The molecule has 0 heterocycles. The van der Waals surface area contributed by atoms with Crippen LogP contribution in [0.5, 0.6) is 0 Å². The van der Waals surface area contributed by atoms with Gasteiger partial charge in [0.05, 0.1) is 5.95 Å². The van der Waals surface area contributed by atoms with Crippen molar-refractivity contribution >= 4 is 22.6 Å². The molecule has 0 aliphatic heterocycles. The Morgan fingerprint density at radius 2 is 2.33 bits per heavy atom. The van der Waals surface area contributed by atoms with Gasteiger partial charge in [-0.1, -0.05) is 12.2 Å². The van der Waals surface area contributed by atoms with Gasteiger partial charge in [0.2, 0.25) is 0 Å². The highest BCUT2D eigenvalue weighted by molar-refractivity contribution is 14.1. The van der Waals surface area contributed by atoms with Gasteiger partial charge in [0.1, 0.15) is 0 Å². The fourth-order valence-electron chi connectivity index (χ4n) is 0.572. The van der Waals surface area contributed by atoms with Crippen LogP contribution in [0.4, 0.5) is 0 Å². The highest BCUT2D eigenvalue weighted by Gasteiger charge is 2.02. The summed E-state index contributed by atoms with van der Waals surface area (Å²) in [5, 5.41) is 18.7. The first kappa shape index (κ1) is 6.67. The third-order valence-electron chi connectivity index (χ3n) is 0.993. The molecule has 1 aliphatic rings. The molecule has 0 unspecified atom stereocenters. The molecule has 48 valence electrons. The van der Waals surface area contributed by atoms with Gasteiger partial charge >= 0.3 is 0 Å². The average Bonchev–Trinajstić information content (AvgIpc) is 2.13. The molecule has 2 nitrogen and oxygen atoms in total. The first-order valence-corrected chi connectivity index (χ1v) is 3.44. The first-order chi connectivity index (χ1) is 4.22. The molecular formula is C6H4IO2-. The van der Waals surface area contributed by atoms with Crippen molar-refractivity contribution in [1.29, 1.82) is 0 Å². The van der Waals surface area contributed by atoms with Crippen molar-refractivity contribution in [2.24, 2.45) is 0 Å². The van der Waals surface area contributed by atoms with Gasteiger partial charge in [-0.3, -0.25) is 0 Å². The lowest BCUT2D eigenvalue weighted by Gasteiger charge is -2.02. The number of aliphatic hydroxyl groups excluding tert-OH is 1. The van der Waals surface area contributed by atoms with Gasteiger partial charge < -0.3 is 10.2 Å². The molecule has 0 aromatic rings. The summed E-state index contributed by atoms with van der Waals surface area (Å²) < 4.78 is 0.792. The highest BCUT2D eigenvalue weighted by atomic mass is 127. The maximum absolute atomic E-state index is 10.3. The second-order valence-corrected chi connectivity index (χ2v) is 2.75. The van der Waals surface area contributed by atoms with E-state index in [-0.39, 0.29) is 0 Å². The molecule has 0 saturated carbocycles. The number of hydrogen-bond donors (Lipinski definition) is 1. The van der Waals surface area contributed by atoms with Crippen molar-refractivity contribution in [3.05, 3.63) is 33.3 Å². The van der Waals surface area contributed by atoms with E-state index in [2.05, 4.69) is 0 Å². The molecule has 0 atom stereocenters. The SMILES string of the molecule is [O-]/C(O)=C1/C=CC=C1I. The number of halogens is 1. The van der Waals surface area contributed by atoms with Crippen LogP contribution >= 0.6 is 22.6 Å². The molecule has 0 fully saturated rings. The molecule has 0 bridgehead atoms. The number of aliphatic hydroxyl groups is 1. The Kier molecular flexibility index (Phi) is 1.80. The predicted molar refractivity (Wildman–Crippen MR) is 40.9 cm³/mol. The fraction of sp³-hybridized carbons (Fsp3) is 0. The Bertz CT molecular complexity index is 209. The molecular weight excluding hydrogens is 231 g/mol. The molecule has 0 amide bonds. The van der Waals surface area contributed by atoms with E-state index in [4.69, 9.17) is 5.11 Å². The van der Waals surface area contributed by atoms with Gasteiger partial charge in [-0.15, -0.1) is 0 Å². The topological polar surface area (TPSA) is 43.3 Å². The lowest BCUT2D eigenvalue weighted by atomic mass is 10.3. The molecule has 3 heteroatoms. The maximum Gasteiger partial charge on any atom is 0.0567 e. The predicted octanol–water partition coefficient (Wildman–Crippen LogP) is 1.01. The van der Waals surface area contributed by atoms with Crippen LogP contribution in [0.15, 0.2) is 33.3 Å². The minimum atomic E-state index is -0.857. The van der Waals surface area contributed by atoms with Gasteiger partial charge in [-0.2, -0.15) is 0 Å². The van der Waals surface area contributed by atoms with E-state index in [0.717, 1.165) is 3.58 Å². The summed E-state index contributed by atoms with van der Waals surface area (Å²) in [5.74, 6) is -0.857. The quantitative estimate of drug-likeness (QED) is 0.502. The Balaban J connectivity index is 3.00. The summed E-state index contributed by atoms with van der Waals surface area (Å²) in [6, 6.07) is 0.